The largest absolute Gasteiger partial charge is 0.481 e. The summed E-state index contributed by atoms with van der Waals surface area (Å²) < 4.78 is 14.9. The van der Waals surface area contributed by atoms with Crippen LogP contribution in [0.4, 0.5) is 15.8 Å². The van der Waals surface area contributed by atoms with Gasteiger partial charge in [-0.1, -0.05) is 6.92 Å². The normalized spacial score (nSPS) is 12.5. The smallest absolute Gasteiger partial charge is 0.305 e. The predicted molar refractivity (Wildman–Crippen MR) is 114 cm³/mol. The number of anilines is 2. The lowest BCUT2D eigenvalue weighted by atomic mass is 10.1. The Morgan fingerprint density at radius 1 is 1.28 bits per heavy atom. The molecule has 0 aliphatic rings. The fraction of sp³-hybridized carbons (Fsp3) is 0.286. The highest BCUT2D eigenvalue weighted by Gasteiger charge is 2.23. The molecule has 0 saturated heterocycles. The molecule has 0 radical (unpaired) electrons. The van der Waals surface area contributed by atoms with E-state index in [0.29, 0.717) is 12.1 Å². The summed E-state index contributed by atoms with van der Waals surface area (Å²) in [6.07, 6.45) is 0.947. The van der Waals surface area contributed by atoms with E-state index >= 15 is 0 Å². The second-order valence-corrected chi connectivity index (χ2v) is 7.03. The van der Waals surface area contributed by atoms with Gasteiger partial charge in [-0.25, -0.2) is 4.39 Å². The van der Waals surface area contributed by atoms with Gasteiger partial charge in [-0.3, -0.25) is 23.7 Å². The van der Waals surface area contributed by atoms with Crippen LogP contribution in [0.2, 0.25) is 0 Å². The number of aromatic nitrogens is 1. The van der Waals surface area contributed by atoms with Crippen LogP contribution in [0.15, 0.2) is 35.3 Å². The van der Waals surface area contributed by atoms with Crippen LogP contribution in [0, 0.1) is 5.82 Å². The molecule has 0 aliphatic heterocycles. The number of benzene rings is 1. The van der Waals surface area contributed by atoms with E-state index in [2.05, 4.69) is 10.6 Å². The Morgan fingerprint density at radius 3 is 2.56 bits per heavy atom. The average Bonchev–Trinajstić information content (AvgIpc) is 2.74. The average molecular weight is 446 g/mol. The molecule has 32 heavy (non-hydrogen) atoms. The maximum atomic E-state index is 14.2. The number of nitrogens with zero attached hydrogens (tertiary/aromatic N) is 1. The number of halogens is 1. The molecule has 1 aromatic heterocycles. The Balaban J connectivity index is 2.29. The number of aldehydes is 1. The van der Waals surface area contributed by atoms with E-state index < -0.39 is 53.4 Å². The number of nitrogen functional groups attached to an aromatic ring is 1. The van der Waals surface area contributed by atoms with Crippen molar-refractivity contribution < 1.29 is 28.7 Å². The number of carboxylic acids is 1. The number of aliphatic carboxylic acids is 1. The van der Waals surface area contributed by atoms with Gasteiger partial charge >= 0.3 is 5.97 Å². The number of rotatable bonds is 9. The van der Waals surface area contributed by atoms with Gasteiger partial charge in [0.1, 0.15) is 23.8 Å². The molecular formula is C21H23FN4O6. The topological polar surface area (TPSA) is 161 Å². The maximum absolute atomic E-state index is 14.2. The van der Waals surface area contributed by atoms with Gasteiger partial charge in [0.25, 0.3) is 11.5 Å². The van der Waals surface area contributed by atoms with Gasteiger partial charge in [0.15, 0.2) is 0 Å². The van der Waals surface area contributed by atoms with Gasteiger partial charge in [-0.15, -0.1) is 0 Å². The molecule has 2 amide bonds. The van der Waals surface area contributed by atoms with Crippen molar-refractivity contribution in [3.05, 3.63) is 57.8 Å². The van der Waals surface area contributed by atoms with Gasteiger partial charge < -0.3 is 26.3 Å². The Kier molecular flexibility index (Phi) is 7.83. The first-order chi connectivity index (χ1) is 15.1. The van der Waals surface area contributed by atoms with Crippen molar-refractivity contribution in [3.63, 3.8) is 0 Å². The van der Waals surface area contributed by atoms with E-state index in [9.17, 15) is 28.4 Å². The quantitative estimate of drug-likeness (QED) is 0.331. The van der Waals surface area contributed by atoms with E-state index in [-0.39, 0.29) is 11.8 Å². The third-order valence-electron chi connectivity index (χ3n) is 4.73. The second-order valence-electron chi connectivity index (χ2n) is 7.03. The number of pyridine rings is 1. The minimum Gasteiger partial charge on any atom is -0.481 e. The van der Waals surface area contributed by atoms with E-state index in [1.807, 2.05) is 6.92 Å². The summed E-state index contributed by atoms with van der Waals surface area (Å²) in [5.74, 6) is -3.76. The van der Waals surface area contributed by atoms with Crippen molar-refractivity contribution in [3.8, 4) is 0 Å². The Bertz CT molecular complexity index is 1110. The van der Waals surface area contributed by atoms with E-state index in [1.54, 1.807) is 12.1 Å². The minimum atomic E-state index is -1.32. The van der Waals surface area contributed by atoms with Gasteiger partial charge in [-0.2, -0.15) is 0 Å². The molecule has 2 rings (SSSR count). The molecule has 11 heteroatoms. The van der Waals surface area contributed by atoms with E-state index in [1.165, 1.54) is 13.0 Å². The molecule has 10 nitrogen and oxygen atoms in total. The maximum Gasteiger partial charge on any atom is 0.305 e. The lowest BCUT2D eigenvalue weighted by Gasteiger charge is -2.18. The van der Waals surface area contributed by atoms with Gasteiger partial charge in [0, 0.05) is 23.5 Å². The lowest BCUT2D eigenvalue weighted by molar-refractivity contribution is -0.139. The number of amides is 2. The molecule has 1 aromatic carbocycles. The number of nitrogens with one attached hydrogen (secondary N) is 2. The summed E-state index contributed by atoms with van der Waals surface area (Å²) in [7, 11) is 0. The van der Waals surface area contributed by atoms with Crippen molar-refractivity contribution in [2.24, 2.45) is 0 Å². The first-order valence-electron chi connectivity index (χ1n) is 9.66. The van der Waals surface area contributed by atoms with Crippen LogP contribution in [0.5, 0.6) is 0 Å². The Hall–Kier alpha value is -4.02. The fourth-order valence-electron chi connectivity index (χ4n) is 2.94. The number of carbonyl (C=O) groups excluding carboxylic acids is 3. The number of nitrogens with two attached hydrogens (primary N) is 1. The molecule has 0 bridgehead atoms. The van der Waals surface area contributed by atoms with Gasteiger partial charge in [-0.05, 0) is 37.1 Å². The first kappa shape index (κ1) is 24.3. The molecule has 0 aliphatic carbocycles. The van der Waals surface area contributed by atoms with Crippen LogP contribution in [-0.4, -0.2) is 39.8 Å². The van der Waals surface area contributed by atoms with E-state index in [0.717, 1.165) is 22.4 Å². The van der Waals surface area contributed by atoms with Crippen LogP contribution < -0.4 is 21.9 Å². The highest BCUT2D eigenvalue weighted by Crippen LogP contribution is 2.16. The highest BCUT2D eigenvalue weighted by atomic mass is 19.1. The SMILES string of the molecule is CCc1cc(C(=O)Nc2cc(F)cn(C(C)C(=O)NC(C=O)CC(=O)O)c2=O)ccc1N. The number of carboxylic acid groups (broad SMARTS) is 1. The summed E-state index contributed by atoms with van der Waals surface area (Å²) in [5, 5.41) is 13.3. The van der Waals surface area contributed by atoms with Gasteiger partial charge in [0.05, 0.1) is 12.5 Å². The summed E-state index contributed by atoms with van der Waals surface area (Å²) in [6, 6.07) is 2.76. The summed E-state index contributed by atoms with van der Waals surface area (Å²) in [4.78, 5) is 59.4. The van der Waals surface area contributed by atoms with E-state index in [4.69, 9.17) is 10.8 Å². The Labute approximate surface area is 182 Å². The monoisotopic (exact) mass is 446 g/mol. The van der Waals surface area contributed by atoms with Crippen molar-refractivity contribution in [2.75, 3.05) is 11.1 Å². The van der Waals surface area contributed by atoms with Gasteiger partial charge in [0.2, 0.25) is 5.91 Å². The zero-order valence-corrected chi connectivity index (χ0v) is 17.4. The molecule has 2 atom stereocenters. The zero-order valence-electron chi connectivity index (χ0n) is 17.4. The third kappa shape index (κ3) is 5.78. The molecule has 2 unspecified atom stereocenters. The molecule has 0 saturated carbocycles. The molecule has 2 aromatic rings. The molecule has 170 valence electrons. The van der Waals surface area contributed by atoms with Crippen LogP contribution in [-0.2, 0) is 20.8 Å². The number of hydrogen-bond donors (Lipinski definition) is 4. The number of aryl methyl sites for hydroxylation is 1. The lowest BCUT2D eigenvalue weighted by Crippen LogP contribution is -2.43. The highest BCUT2D eigenvalue weighted by molar-refractivity contribution is 6.04. The first-order valence-corrected chi connectivity index (χ1v) is 9.66. The van der Waals surface area contributed by atoms with Crippen LogP contribution in [0.1, 0.15) is 42.2 Å². The van der Waals surface area contributed by atoms with Crippen LogP contribution >= 0.6 is 0 Å². The summed E-state index contributed by atoms with van der Waals surface area (Å²) in [6.45, 7) is 3.12. The van der Waals surface area contributed by atoms with Crippen molar-refractivity contribution >= 4 is 35.4 Å². The third-order valence-corrected chi connectivity index (χ3v) is 4.73. The van der Waals surface area contributed by atoms with Crippen molar-refractivity contribution in [1.29, 1.82) is 0 Å². The van der Waals surface area contributed by atoms with Crippen LogP contribution in [0.25, 0.3) is 0 Å². The molecule has 5 N–H and O–H groups in total. The zero-order chi connectivity index (χ0) is 24.0. The predicted octanol–water partition coefficient (Wildman–Crippen LogP) is 1.10. The number of hydrogen-bond acceptors (Lipinski definition) is 6. The molecule has 1 heterocycles. The summed E-state index contributed by atoms with van der Waals surface area (Å²) in [5.41, 5.74) is 6.00. The number of carbonyl (C=O) groups is 4. The Morgan fingerprint density at radius 2 is 1.97 bits per heavy atom. The fourth-order valence-corrected chi connectivity index (χ4v) is 2.94. The minimum absolute atomic E-state index is 0.208. The molecule has 0 spiro atoms. The van der Waals surface area contributed by atoms with Crippen LogP contribution in [0.3, 0.4) is 0 Å². The van der Waals surface area contributed by atoms with Crippen molar-refractivity contribution in [2.45, 2.75) is 38.8 Å². The molecular weight excluding hydrogens is 423 g/mol. The van der Waals surface area contributed by atoms with Crippen molar-refractivity contribution in [1.82, 2.24) is 9.88 Å². The molecule has 0 fully saturated rings. The summed E-state index contributed by atoms with van der Waals surface area (Å²) >= 11 is 0. The standard InChI is InChI=1S/C21H23FN4O6/c1-3-12-6-13(4-5-16(12)23)20(31)25-17-7-14(22)9-26(21(17)32)11(2)19(30)24-15(10-27)8-18(28)29/h4-7,9-11,15H,3,8,23H2,1-2H3,(H,24,30)(H,25,31)(H,28,29). The second kappa shape index (κ2) is 10.3.